The van der Waals surface area contributed by atoms with Crippen molar-refractivity contribution >= 4 is 17.1 Å². The number of carbonyl (C=O) groups excluding carboxylic acids is 1. The summed E-state index contributed by atoms with van der Waals surface area (Å²) in [7, 11) is 0. The van der Waals surface area contributed by atoms with Crippen molar-refractivity contribution in [3.05, 3.63) is 16.1 Å². The molecule has 3 nitrogen and oxygen atoms in total. The van der Waals surface area contributed by atoms with Crippen LogP contribution in [0.3, 0.4) is 0 Å². The highest BCUT2D eigenvalue weighted by atomic mass is 32.1. The average Bonchev–Trinajstić information content (AvgIpc) is 2.66. The summed E-state index contributed by atoms with van der Waals surface area (Å²) in [5.74, 6) is 0.0178. The molecule has 4 heteroatoms. The van der Waals surface area contributed by atoms with Crippen LogP contribution in [0.15, 0.2) is 5.38 Å². The van der Waals surface area contributed by atoms with Gasteiger partial charge in [0, 0.05) is 18.9 Å². The lowest BCUT2D eigenvalue weighted by Gasteiger charge is -2.12. The number of nitrogens with zero attached hydrogens (tertiary/aromatic N) is 1. The summed E-state index contributed by atoms with van der Waals surface area (Å²) in [5, 5.41) is 2.73. The summed E-state index contributed by atoms with van der Waals surface area (Å²) in [5.41, 5.74) is 0.552. The van der Waals surface area contributed by atoms with E-state index in [9.17, 15) is 4.79 Å². The minimum absolute atomic E-state index is 0.0178. The van der Waals surface area contributed by atoms with Gasteiger partial charge in [-0.2, -0.15) is 0 Å². The average molecular weight is 227 g/mol. The van der Waals surface area contributed by atoms with Gasteiger partial charge in [0.05, 0.1) is 0 Å². The SMILES string of the molecule is CCCC(OCC)c1nc(C(C)=O)cs1. The number of hydrogen-bond acceptors (Lipinski definition) is 4. The van der Waals surface area contributed by atoms with Gasteiger partial charge in [0.25, 0.3) is 0 Å². The van der Waals surface area contributed by atoms with Crippen molar-refractivity contribution in [3.8, 4) is 0 Å². The lowest BCUT2D eigenvalue weighted by molar-refractivity contribution is 0.0554. The van der Waals surface area contributed by atoms with Crippen LogP contribution in [0.4, 0.5) is 0 Å². The maximum Gasteiger partial charge on any atom is 0.178 e. The molecule has 0 fully saturated rings. The molecule has 0 amide bonds. The smallest absolute Gasteiger partial charge is 0.178 e. The molecule has 0 N–H and O–H groups in total. The number of Topliss-reactive ketones (excluding diaryl/α,β-unsaturated/α-hetero) is 1. The van der Waals surface area contributed by atoms with Crippen LogP contribution in [-0.4, -0.2) is 17.4 Å². The van der Waals surface area contributed by atoms with Gasteiger partial charge in [-0.25, -0.2) is 4.98 Å². The minimum atomic E-state index is 0.0178. The molecule has 84 valence electrons. The fourth-order valence-electron chi connectivity index (χ4n) is 1.34. The molecule has 0 radical (unpaired) electrons. The van der Waals surface area contributed by atoms with Gasteiger partial charge in [0.1, 0.15) is 16.8 Å². The van der Waals surface area contributed by atoms with Gasteiger partial charge in [0.2, 0.25) is 0 Å². The Kier molecular flexibility index (Phi) is 4.91. The molecule has 1 heterocycles. The van der Waals surface area contributed by atoms with Crippen molar-refractivity contribution in [1.82, 2.24) is 4.98 Å². The van der Waals surface area contributed by atoms with Crippen molar-refractivity contribution in [2.45, 2.75) is 39.7 Å². The standard InChI is InChI=1S/C11H17NO2S/c1-4-6-10(14-5-2)11-12-9(7-15-11)8(3)13/h7,10H,4-6H2,1-3H3. The third-order valence-corrected chi connectivity index (χ3v) is 3.01. The zero-order valence-electron chi connectivity index (χ0n) is 9.45. The number of carbonyl (C=O) groups is 1. The molecule has 0 aliphatic carbocycles. The van der Waals surface area contributed by atoms with E-state index >= 15 is 0 Å². The first kappa shape index (κ1) is 12.3. The monoisotopic (exact) mass is 227 g/mol. The number of rotatable bonds is 6. The van der Waals surface area contributed by atoms with Gasteiger partial charge < -0.3 is 4.74 Å². The molecule has 0 saturated heterocycles. The van der Waals surface area contributed by atoms with Crippen LogP contribution < -0.4 is 0 Å². The third-order valence-electron chi connectivity index (χ3n) is 2.08. The first-order chi connectivity index (χ1) is 7.19. The molecule has 1 aromatic rings. The number of ketones is 1. The molecule has 0 aromatic carbocycles. The van der Waals surface area contributed by atoms with E-state index in [2.05, 4.69) is 11.9 Å². The highest BCUT2D eigenvalue weighted by Crippen LogP contribution is 2.25. The molecule has 15 heavy (non-hydrogen) atoms. The quantitative estimate of drug-likeness (QED) is 0.700. The molecule has 1 atom stereocenters. The van der Waals surface area contributed by atoms with E-state index in [0.29, 0.717) is 12.3 Å². The molecule has 0 bridgehead atoms. The van der Waals surface area contributed by atoms with E-state index in [4.69, 9.17) is 4.74 Å². The van der Waals surface area contributed by atoms with E-state index < -0.39 is 0 Å². The number of hydrogen-bond donors (Lipinski definition) is 0. The van der Waals surface area contributed by atoms with Gasteiger partial charge in [-0.05, 0) is 13.3 Å². The molecular weight excluding hydrogens is 210 g/mol. The molecule has 0 aliphatic heterocycles. The Morgan fingerprint density at radius 2 is 2.33 bits per heavy atom. The topological polar surface area (TPSA) is 39.2 Å². The second-order valence-electron chi connectivity index (χ2n) is 3.36. The zero-order chi connectivity index (χ0) is 11.3. The van der Waals surface area contributed by atoms with Crippen molar-refractivity contribution in [3.63, 3.8) is 0 Å². The third kappa shape index (κ3) is 3.39. The van der Waals surface area contributed by atoms with E-state index in [0.717, 1.165) is 17.8 Å². The first-order valence-corrected chi connectivity index (χ1v) is 6.15. The zero-order valence-corrected chi connectivity index (χ0v) is 10.3. The van der Waals surface area contributed by atoms with Gasteiger partial charge in [-0.3, -0.25) is 4.79 Å². The number of aromatic nitrogens is 1. The van der Waals surface area contributed by atoms with Gasteiger partial charge in [0.15, 0.2) is 5.78 Å². The summed E-state index contributed by atoms with van der Waals surface area (Å²) in [4.78, 5) is 15.4. The van der Waals surface area contributed by atoms with Crippen molar-refractivity contribution in [2.24, 2.45) is 0 Å². The Labute approximate surface area is 94.5 Å². The fourth-order valence-corrected chi connectivity index (χ4v) is 2.28. The molecule has 0 saturated carbocycles. The maximum absolute atomic E-state index is 11.1. The predicted molar refractivity (Wildman–Crippen MR) is 61.4 cm³/mol. The normalized spacial score (nSPS) is 12.7. The van der Waals surface area contributed by atoms with Crippen LogP contribution in [-0.2, 0) is 4.74 Å². The largest absolute Gasteiger partial charge is 0.371 e. The first-order valence-electron chi connectivity index (χ1n) is 5.27. The highest BCUT2D eigenvalue weighted by Gasteiger charge is 2.15. The Hall–Kier alpha value is -0.740. The van der Waals surface area contributed by atoms with E-state index in [-0.39, 0.29) is 11.9 Å². The molecular formula is C11H17NO2S. The van der Waals surface area contributed by atoms with Crippen LogP contribution >= 0.6 is 11.3 Å². The molecule has 1 unspecified atom stereocenters. The summed E-state index contributed by atoms with van der Waals surface area (Å²) >= 11 is 1.51. The minimum Gasteiger partial charge on any atom is -0.371 e. The molecule has 0 aliphatic rings. The van der Waals surface area contributed by atoms with E-state index in [1.165, 1.54) is 18.3 Å². The van der Waals surface area contributed by atoms with Gasteiger partial charge in [-0.15, -0.1) is 11.3 Å². The Morgan fingerprint density at radius 1 is 1.60 bits per heavy atom. The van der Waals surface area contributed by atoms with E-state index in [1.54, 1.807) is 5.38 Å². The predicted octanol–water partition coefficient (Wildman–Crippen LogP) is 3.22. The lowest BCUT2D eigenvalue weighted by atomic mass is 10.2. The van der Waals surface area contributed by atoms with Crippen LogP contribution in [0.2, 0.25) is 0 Å². The Bertz CT molecular complexity index is 316. The second-order valence-corrected chi connectivity index (χ2v) is 4.25. The summed E-state index contributed by atoms with van der Waals surface area (Å²) in [6, 6.07) is 0. The van der Waals surface area contributed by atoms with Gasteiger partial charge >= 0.3 is 0 Å². The van der Waals surface area contributed by atoms with Gasteiger partial charge in [-0.1, -0.05) is 13.3 Å². The maximum atomic E-state index is 11.1. The number of thiazole rings is 1. The molecule has 0 spiro atoms. The summed E-state index contributed by atoms with van der Waals surface area (Å²) in [6.07, 6.45) is 2.07. The Morgan fingerprint density at radius 3 is 2.80 bits per heavy atom. The van der Waals surface area contributed by atoms with Crippen LogP contribution in [0.1, 0.15) is 55.2 Å². The van der Waals surface area contributed by atoms with E-state index in [1.807, 2.05) is 6.92 Å². The second kappa shape index (κ2) is 5.98. The summed E-state index contributed by atoms with van der Waals surface area (Å²) < 4.78 is 5.60. The van der Waals surface area contributed by atoms with Crippen LogP contribution in [0, 0.1) is 0 Å². The van der Waals surface area contributed by atoms with Crippen LogP contribution in [0.25, 0.3) is 0 Å². The summed E-state index contributed by atoms with van der Waals surface area (Å²) in [6.45, 7) is 6.31. The van der Waals surface area contributed by atoms with Crippen molar-refractivity contribution in [1.29, 1.82) is 0 Å². The molecule has 1 rings (SSSR count). The van der Waals surface area contributed by atoms with Crippen molar-refractivity contribution in [2.75, 3.05) is 6.61 Å². The molecule has 1 aromatic heterocycles. The Balaban J connectivity index is 2.76. The number of ether oxygens (including phenoxy) is 1. The highest BCUT2D eigenvalue weighted by molar-refractivity contribution is 7.09. The lowest BCUT2D eigenvalue weighted by Crippen LogP contribution is -2.04. The fraction of sp³-hybridized carbons (Fsp3) is 0.636. The van der Waals surface area contributed by atoms with Crippen LogP contribution in [0.5, 0.6) is 0 Å². The van der Waals surface area contributed by atoms with Crippen molar-refractivity contribution < 1.29 is 9.53 Å².